The fourth-order valence-electron chi connectivity index (χ4n) is 3.89. The second kappa shape index (κ2) is 7.38. The maximum Gasteiger partial charge on any atom is 0.311 e. The maximum atomic E-state index is 12.4. The number of amides is 1. The molecular formula is C18H26N2O4. The number of nitrogens with one attached hydrogen (secondary N) is 1. The highest BCUT2D eigenvalue weighted by Gasteiger charge is 2.41. The molecule has 1 aliphatic heterocycles. The number of carboxylic acid groups (broad SMARTS) is 1. The number of aliphatic carboxylic acids is 1. The zero-order valence-corrected chi connectivity index (χ0v) is 14.0. The molecule has 1 saturated heterocycles. The largest absolute Gasteiger partial charge is 0.481 e. The number of nitrogens with zero attached hydrogens (tertiary/aromatic N) is 1. The van der Waals surface area contributed by atoms with Gasteiger partial charge in [-0.25, -0.2) is 0 Å². The fourth-order valence-corrected chi connectivity index (χ4v) is 3.89. The zero-order valence-electron chi connectivity index (χ0n) is 14.0. The fraction of sp³-hybridized carbons (Fsp3) is 0.667. The third-order valence-corrected chi connectivity index (χ3v) is 5.53. The molecule has 1 aliphatic carbocycles. The van der Waals surface area contributed by atoms with Crippen molar-refractivity contribution in [1.82, 2.24) is 10.2 Å². The molecule has 1 aromatic rings. The van der Waals surface area contributed by atoms with Crippen molar-refractivity contribution in [3.63, 3.8) is 0 Å². The first kappa shape index (κ1) is 17.0. The Kier molecular flexibility index (Phi) is 5.23. The van der Waals surface area contributed by atoms with Gasteiger partial charge in [-0.1, -0.05) is 12.8 Å². The Bertz CT molecular complexity index is 556. The van der Waals surface area contributed by atoms with Crippen LogP contribution in [0.3, 0.4) is 0 Å². The van der Waals surface area contributed by atoms with Gasteiger partial charge >= 0.3 is 5.97 Å². The number of furan rings is 1. The van der Waals surface area contributed by atoms with E-state index < -0.39 is 11.4 Å². The monoisotopic (exact) mass is 334 g/mol. The Morgan fingerprint density at radius 1 is 1.29 bits per heavy atom. The topological polar surface area (TPSA) is 82.8 Å². The lowest BCUT2D eigenvalue weighted by atomic mass is 9.86. The molecule has 0 bridgehead atoms. The minimum absolute atomic E-state index is 0.00917. The normalized spacial score (nSPS) is 21.7. The lowest BCUT2D eigenvalue weighted by Crippen LogP contribution is -2.45. The van der Waals surface area contributed by atoms with Crippen LogP contribution in [-0.2, 0) is 16.1 Å². The van der Waals surface area contributed by atoms with E-state index in [4.69, 9.17) is 4.42 Å². The van der Waals surface area contributed by atoms with Gasteiger partial charge in [0.1, 0.15) is 5.76 Å². The predicted octanol–water partition coefficient (Wildman–Crippen LogP) is 2.25. The molecule has 132 valence electrons. The summed E-state index contributed by atoms with van der Waals surface area (Å²) in [4.78, 5) is 26.2. The van der Waals surface area contributed by atoms with E-state index in [9.17, 15) is 14.7 Å². The summed E-state index contributed by atoms with van der Waals surface area (Å²) in [7, 11) is 0. The number of carboxylic acids is 1. The van der Waals surface area contributed by atoms with Crippen molar-refractivity contribution >= 4 is 11.9 Å². The van der Waals surface area contributed by atoms with E-state index in [1.165, 1.54) is 0 Å². The smallest absolute Gasteiger partial charge is 0.311 e. The molecule has 6 nitrogen and oxygen atoms in total. The molecule has 0 radical (unpaired) electrons. The molecule has 6 heteroatoms. The van der Waals surface area contributed by atoms with E-state index in [1.54, 1.807) is 6.26 Å². The first-order valence-electron chi connectivity index (χ1n) is 8.85. The van der Waals surface area contributed by atoms with Crippen LogP contribution >= 0.6 is 0 Å². The lowest BCUT2D eigenvalue weighted by Gasteiger charge is -2.31. The van der Waals surface area contributed by atoms with Crippen LogP contribution in [0.5, 0.6) is 0 Å². The molecule has 2 heterocycles. The Labute approximate surface area is 142 Å². The molecule has 2 fully saturated rings. The Balaban J connectivity index is 1.44. The molecule has 2 aliphatic rings. The van der Waals surface area contributed by atoms with Crippen molar-refractivity contribution in [2.45, 2.75) is 45.1 Å². The van der Waals surface area contributed by atoms with Gasteiger partial charge in [-0.15, -0.1) is 0 Å². The molecule has 2 N–H and O–H groups in total. The molecule has 0 aromatic carbocycles. The number of hydrogen-bond donors (Lipinski definition) is 2. The van der Waals surface area contributed by atoms with Crippen molar-refractivity contribution in [2.75, 3.05) is 19.6 Å². The Morgan fingerprint density at radius 3 is 2.58 bits per heavy atom. The number of piperidine rings is 1. The molecule has 24 heavy (non-hydrogen) atoms. The van der Waals surface area contributed by atoms with Crippen LogP contribution in [0, 0.1) is 11.3 Å². The van der Waals surface area contributed by atoms with E-state index in [2.05, 4.69) is 10.2 Å². The van der Waals surface area contributed by atoms with Crippen LogP contribution in [0.15, 0.2) is 22.8 Å². The molecule has 3 rings (SSSR count). The molecule has 0 unspecified atom stereocenters. The van der Waals surface area contributed by atoms with E-state index in [0.717, 1.165) is 51.1 Å². The molecule has 1 aromatic heterocycles. The lowest BCUT2D eigenvalue weighted by molar-refractivity contribution is -0.148. The first-order chi connectivity index (χ1) is 11.6. The van der Waals surface area contributed by atoms with E-state index in [0.29, 0.717) is 12.8 Å². The zero-order chi connectivity index (χ0) is 17.0. The number of rotatable bonds is 6. The summed E-state index contributed by atoms with van der Waals surface area (Å²) < 4.78 is 5.36. The molecule has 0 spiro atoms. The van der Waals surface area contributed by atoms with E-state index in [-0.39, 0.29) is 18.4 Å². The van der Waals surface area contributed by atoms with Crippen LogP contribution in [0.2, 0.25) is 0 Å². The molecule has 1 amide bonds. The number of hydrogen-bond acceptors (Lipinski definition) is 4. The highest BCUT2D eigenvalue weighted by atomic mass is 16.4. The average molecular weight is 334 g/mol. The maximum absolute atomic E-state index is 12.4. The van der Waals surface area contributed by atoms with Crippen molar-refractivity contribution in [2.24, 2.45) is 11.3 Å². The number of carbonyl (C=O) groups is 2. The van der Waals surface area contributed by atoms with Crippen LogP contribution in [0.25, 0.3) is 0 Å². The summed E-state index contributed by atoms with van der Waals surface area (Å²) in [6, 6.07) is 3.85. The second-order valence-electron chi connectivity index (χ2n) is 7.14. The van der Waals surface area contributed by atoms with E-state index in [1.807, 2.05) is 12.1 Å². The molecule has 0 atom stereocenters. The van der Waals surface area contributed by atoms with Crippen LogP contribution in [-0.4, -0.2) is 41.5 Å². The summed E-state index contributed by atoms with van der Waals surface area (Å²) in [5, 5.41) is 12.4. The third-order valence-electron chi connectivity index (χ3n) is 5.53. The second-order valence-corrected chi connectivity index (χ2v) is 7.14. The highest BCUT2D eigenvalue weighted by molar-refractivity contribution is 5.81. The van der Waals surface area contributed by atoms with Gasteiger partial charge in [-0.05, 0) is 50.9 Å². The quantitative estimate of drug-likeness (QED) is 0.834. The van der Waals surface area contributed by atoms with Gasteiger partial charge in [-0.2, -0.15) is 0 Å². The molecule has 1 saturated carbocycles. The van der Waals surface area contributed by atoms with Crippen molar-refractivity contribution in [3.8, 4) is 0 Å². The van der Waals surface area contributed by atoms with Crippen LogP contribution in [0.1, 0.15) is 44.3 Å². The van der Waals surface area contributed by atoms with Crippen LogP contribution < -0.4 is 5.32 Å². The van der Waals surface area contributed by atoms with Crippen molar-refractivity contribution in [3.05, 3.63) is 24.2 Å². The standard InChI is InChI=1S/C18H26N2O4/c21-16(19-13-18(17(22)23)7-1-2-8-18)14-5-9-20(10-6-14)12-15-4-3-11-24-15/h3-4,11,14H,1-2,5-10,12-13H2,(H,19,21)(H,22,23). The van der Waals surface area contributed by atoms with E-state index >= 15 is 0 Å². The SMILES string of the molecule is O=C(NCC1(C(=O)O)CCCC1)C1CCN(Cc2ccco2)CC1. The number of carbonyl (C=O) groups excluding carboxylic acids is 1. The summed E-state index contributed by atoms with van der Waals surface area (Å²) in [5.41, 5.74) is -0.740. The predicted molar refractivity (Wildman–Crippen MR) is 88.3 cm³/mol. The van der Waals surface area contributed by atoms with Crippen molar-refractivity contribution in [1.29, 1.82) is 0 Å². The van der Waals surface area contributed by atoms with Gasteiger partial charge in [0, 0.05) is 12.5 Å². The highest BCUT2D eigenvalue weighted by Crippen LogP contribution is 2.37. The minimum atomic E-state index is -0.770. The van der Waals surface area contributed by atoms with Gasteiger partial charge in [0.15, 0.2) is 0 Å². The van der Waals surface area contributed by atoms with Crippen LogP contribution in [0.4, 0.5) is 0 Å². The summed E-state index contributed by atoms with van der Waals surface area (Å²) in [6.45, 7) is 2.78. The summed E-state index contributed by atoms with van der Waals surface area (Å²) in [6.07, 6.45) is 6.52. The molecular weight excluding hydrogens is 308 g/mol. The number of likely N-dealkylation sites (tertiary alicyclic amines) is 1. The van der Waals surface area contributed by atoms with Gasteiger partial charge in [0.25, 0.3) is 0 Å². The first-order valence-corrected chi connectivity index (χ1v) is 8.85. The Hall–Kier alpha value is -1.82. The summed E-state index contributed by atoms with van der Waals surface area (Å²) in [5.74, 6) is 0.182. The minimum Gasteiger partial charge on any atom is -0.481 e. The van der Waals surface area contributed by atoms with Crippen molar-refractivity contribution < 1.29 is 19.1 Å². The third kappa shape index (κ3) is 3.80. The Morgan fingerprint density at radius 2 is 2.00 bits per heavy atom. The van der Waals surface area contributed by atoms with Gasteiger partial charge in [0.05, 0.1) is 18.2 Å². The van der Waals surface area contributed by atoms with Gasteiger partial charge < -0.3 is 14.8 Å². The summed E-state index contributed by atoms with van der Waals surface area (Å²) >= 11 is 0. The average Bonchev–Trinajstić information content (AvgIpc) is 3.25. The van der Waals surface area contributed by atoms with Gasteiger partial charge in [0.2, 0.25) is 5.91 Å². The van der Waals surface area contributed by atoms with Gasteiger partial charge in [-0.3, -0.25) is 14.5 Å².